The Kier molecular flexibility index (Phi) is 4.20. The van der Waals surface area contributed by atoms with Crippen molar-refractivity contribution in [1.82, 2.24) is 9.88 Å². The molecule has 6 nitrogen and oxygen atoms in total. The molecule has 3 aromatic rings. The van der Waals surface area contributed by atoms with Gasteiger partial charge in [-0.15, -0.1) is 0 Å². The standard InChI is InChI=1S/C16H14BrN3O3/c1-20-12-6-7-23-14(12)8-13(20)16(22)18-9-15(21)19-11-4-2-10(17)3-5-11/h2-8H,9H2,1H3,(H,18,22)(H,19,21). The molecule has 0 unspecified atom stereocenters. The van der Waals surface area contributed by atoms with Crippen LogP contribution in [0, 0.1) is 0 Å². The predicted octanol–water partition coefficient (Wildman–Crippen LogP) is 2.90. The molecule has 0 aliphatic rings. The van der Waals surface area contributed by atoms with Gasteiger partial charge in [0.05, 0.1) is 18.3 Å². The average Bonchev–Trinajstić information content (AvgIpc) is 3.11. The number of halogens is 1. The van der Waals surface area contributed by atoms with Gasteiger partial charge in [0, 0.05) is 29.3 Å². The van der Waals surface area contributed by atoms with E-state index in [1.165, 1.54) is 0 Å². The summed E-state index contributed by atoms with van der Waals surface area (Å²) >= 11 is 3.33. The van der Waals surface area contributed by atoms with Crippen molar-refractivity contribution in [3.63, 3.8) is 0 Å². The minimum Gasteiger partial charge on any atom is -0.463 e. The number of hydrogen-bond donors (Lipinski definition) is 2. The molecule has 0 aliphatic heterocycles. The van der Waals surface area contributed by atoms with Crippen LogP contribution in [0.15, 0.2) is 51.6 Å². The van der Waals surface area contributed by atoms with Crippen LogP contribution in [0.2, 0.25) is 0 Å². The fourth-order valence-corrected chi connectivity index (χ4v) is 2.52. The molecular formula is C16H14BrN3O3. The highest BCUT2D eigenvalue weighted by Crippen LogP contribution is 2.19. The highest BCUT2D eigenvalue weighted by molar-refractivity contribution is 9.10. The molecule has 0 bridgehead atoms. The number of carbonyl (C=O) groups excluding carboxylic acids is 2. The van der Waals surface area contributed by atoms with Gasteiger partial charge in [0.1, 0.15) is 5.69 Å². The molecule has 0 spiro atoms. The Morgan fingerprint density at radius 2 is 1.96 bits per heavy atom. The molecule has 0 saturated heterocycles. The molecule has 2 heterocycles. The average molecular weight is 376 g/mol. The minimum absolute atomic E-state index is 0.110. The number of nitrogens with zero attached hydrogens (tertiary/aromatic N) is 1. The van der Waals surface area contributed by atoms with Gasteiger partial charge in [-0.25, -0.2) is 0 Å². The van der Waals surface area contributed by atoms with E-state index in [1.54, 1.807) is 42.1 Å². The summed E-state index contributed by atoms with van der Waals surface area (Å²) in [5.41, 5.74) is 2.58. The van der Waals surface area contributed by atoms with Gasteiger partial charge < -0.3 is 19.6 Å². The van der Waals surface area contributed by atoms with Crippen molar-refractivity contribution < 1.29 is 14.0 Å². The maximum absolute atomic E-state index is 12.2. The normalized spacial score (nSPS) is 10.7. The third kappa shape index (κ3) is 3.29. The van der Waals surface area contributed by atoms with Crippen LogP contribution >= 0.6 is 15.9 Å². The molecule has 0 fully saturated rings. The van der Waals surface area contributed by atoms with Crippen LogP contribution in [0.25, 0.3) is 11.1 Å². The molecule has 3 rings (SSSR count). The summed E-state index contributed by atoms with van der Waals surface area (Å²) in [6, 6.07) is 10.6. The van der Waals surface area contributed by atoms with Crippen molar-refractivity contribution in [2.24, 2.45) is 7.05 Å². The fraction of sp³-hybridized carbons (Fsp3) is 0.125. The quantitative estimate of drug-likeness (QED) is 0.735. The van der Waals surface area contributed by atoms with Gasteiger partial charge in [-0.2, -0.15) is 0 Å². The number of furan rings is 1. The largest absolute Gasteiger partial charge is 0.463 e. The van der Waals surface area contributed by atoms with E-state index in [-0.39, 0.29) is 18.4 Å². The summed E-state index contributed by atoms with van der Waals surface area (Å²) in [5.74, 6) is -0.622. The number of aryl methyl sites for hydroxylation is 1. The number of anilines is 1. The van der Waals surface area contributed by atoms with Crippen LogP contribution in [0.1, 0.15) is 10.5 Å². The molecule has 0 saturated carbocycles. The number of carbonyl (C=O) groups is 2. The number of aromatic nitrogens is 1. The van der Waals surface area contributed by atoms with Crippen molar-refractivity contribution >= 4 is 44.5 Å². The number of fused-ring (bicyclic) bond motifs is 1. The number of benzene rings is 1. The van der Waals surface area contributed by atoms with Crippen molar-refractivity contribution in [2.75, 3.05) is 11.9 Å². The molecule has 118 valence electrons. The first kappa shape index (κ1) is 15.4. The fourth-order valence-electron chi connectivity index (χ4n) is 2.26. The van der Waals surface area contributed by atoms with E-state index < -0.39 is 0 Å². The zero-order valence-electron chi connectivity index (χ0n) is 12.3. The third-order valence-electron chi connectivity index (χ3n) is 3.43. The Balaban J connectivity index is 1.60. The smallest absolute Gasteiger partial charge is 0.268 e. The molecule has 7 heteroatoms. The Bertz CT molecular complexity index is 864. The van der Waals surface area contributed by atoms with Gasteiger partial charge in [0.15, 0.2) is 5.58 Å². The maximum Gasteiger partial charge on any atom is 0.268 e. The van der Waals surface area contributed by atoms with Gasteiger partial charge >= 0.3 is 0 Å². The van der Waals surface area contributed by atoms with E-state index in [0.29, 0.717) is 17.0 Å². The Hall–Kier alpha value is -2.54. The minimum atomic E-state index is -0.329. The third-order valence-corrected chi connectivity index (χ3v) is 3.96. The van der Waals surface area contributed by atoms with E-state index in [1.807, 2.05) is 12.1 Å². The molecule has 1 aromatic carbocycles. The zero-order chi connectivity index (χ0) is 16.4. The maximum atomic E-state index is 12.2. The van der Waals surface area contributed by atoms with Crippen LogP contribution in [0.3, 0.4) is 0 Å². The van der Waals surface area contributed by atoms with Crippen LogP contribution in [-0.4, -0.2) is 22.9 Å². The molecule has 2 aromatic heterocycles. The van der Waals surface area contributed by atoms with Crippen molar-refractivity contribution in [3.05, 3.63) is 52.8 Å². The van der Waals surface area contributed by atoms with Crippen LogP contribution < -0.4 is 10.6 Å². The van der Waals surface area contributed by atoms with E-state index in [2.05, 4.69) is 26.6 Å². The number of amides is 2. The molecule has 0 aliphatic carbocycles. The van der Waals surface area contributed by atoms with E-state index in [4.69, 9.17) is 4.42 Å². The highest BCUT2D eigenvalue weighted by Gasteiger charge is 2.15. The second-order valence-electron chi connectivity index (χ2n) is 5.00. The van der Waals surface area contributed by atoms with Crippen molar-refractivity contribution in [1.29, 1.82) is 0 Å². The summed E-state index contributed by atoms with van der Waals surface area (Å²) in [6.07, 6.45) is 1.57. The second-order valence-corrected chi connectivity index (χ2v) is 5.91. The molecule has 23 heavy (non-hydrogen) atoms. The first-order valence-corrected chi connectivity index (χ1v) is 7.70. The Labute approximate surface area is 140 Å². The number of rotatable bonds is 4. The van der Waals surface area contributed by atoms with Gasteiger partial charge in [-0.3, -0.25) is 9.59 Å². The Morgan fingerprint density at radius 3 is 2.65 bits per heavy atom. The van der Waals surface area contributed by atoms with Crippen molar-refractivity contribution in [3.8, 4) is 0 Å². The SMILES string of the molecule is Cn1c(C(=O)NCC(=O)Nc2ccc(Br)cc2)cc2occc21. The van der Waals surface area contributed by atoms with Crippen LogP contribution in [0.5, 0.6) is 0 Å². The summed E-state index contributed by atoms with van der Waals surface area (Å²) < 4.78 is 7.91. The Morgan fingerprint density at radius 1 is 1.22 bits per heavy atom. The summed E-state index contributed by atoms with van der Waals surface area (Å²) in [5, 5.41) is 5.31. The van der Waals surface area contributed by atoms with Crippen LogP contribution in [-0.2, 0) is 11.8 Å². The van der Waals surface area contributed by atoms with Gasteiger partial charge in [0.2, 0.25) is 5.91 Å². The van der Waals surface area contributed by atoms with E-state index >= 15 is 0 Å². The molecule has 2 amide bonds. The number of nitrogens with one attached hydrogen (secondary N) is 2. The second kappa shape index (κ2) is 6.29. The van der Waals surface area contributed by atoms with E-state index in [9.17, 15) is 9.59 Å². The molecule has 2 N–H and O–H groups in total. The summed E-state index contributed by atoms with van der Waals surface area (Å²) in [6.45, 7) is -0.110. The number of hydrogen-bond acceptors (Lipinski definition) is 3. The lowest BCUT2D eigenvalue weighted by molar-refractivity contribution is -0.115. The lowest BCUT2D eigenvalue weighted by atomic mass is 10.3. The van der Waals surface area contributed by atoms with Crippen LogP contribution in [0.4, 0.5) is 5.69 Å². The lowest BCUT2D eigenvalue weighted by Gasteiger charge is -2.07. The predicted molar refractivity (Wildman–Crippen MR) is 90.3 cm³/mol. The first-order valence-electron chi connectivity index (χ1n) is 6.91. The first-order chi connectivity index (χ1) is 11.0. The highest BCUT2D eigenvalue weighted by atomic mass is 79.9. The monoisotopic (exact) mass is 375 g/mol. The van der Waals surface area contributed by atoms with Gasteiger partial charge in [-0.1, -0.05) is 15.9 Å². The summed E-state index contributed by atoms with van der Waals surface area (Å²) in [4.78, 5) is 24.1. The molecule has 0 radical (unpaired) electrons. The van der Waals surface area contributed by atoms with E-state index in [0.717, 1.165) is 9.99 Å². The lowest BCUT2D eigenvalue weighted by Crippen LogP contribution is -2.33. The van der Waals surface area contributed by atoms with Gasteiger partial charge in [-0.05, 0) is 24.3 Å². The van der Waals surface area contributed by atoms with Crippen molar-refractivity contribution in [2.45, 2.75) is 0 Å². The molecular weight excluding hydrogens is 362 g/mol. The zero-order valence-corrected chi connectivity index (χ0v) is 13.9. The summed E-state index contributed by atoms with van der Waals surface area (Å²) in [7, 11) is 1.77. The molecule has 0 atom stereocenters. The van der Waals surface area contributed by atoms with Gasteiger partial charge in [0.25, 0.3) is 5.91 Å². The topological polar surface area (TPSA) is 76.3 Å².